The van der Waals surface area contributed by atoms with E-state index in [0.29, 0.717) is 31.6 Å². The second kappa shape index (κ2) is 10.7. The van der Waals surface area contributed by atoms with Crippen LogP contribution in [0.4, 0.5) is 10.1 Å². The lowest BCUT2D eigenvalue weighted by Crippen LogP contribution is -2.41. The molecule has 2 aromatic carbocycles. The van der Waals surface area contributed by atoms with Gasteiger partial charge >= 0.3 is 0 Å². The van der Waals surface area contributed by atoms with Crippen LogP contribution in [0.5, 0.6) is 5.75 Å². The molecule has 1 aliphatic heterocycles. The summed E-state index contributed by atoms with van der Waals surface area (Å²) in [7, 11) is 1.43. The molecule has 9 heteroatoms. The average molecular weight is 430 g/mol. The van der Waals surface area contributed by atoms with Gasteiger partial charge in [-0.3, -0.25) is 10.1 Å². The molecule has 1 aliphatic rings. The molecule has 0 amide bonds. The molecule has 8 nitrogen and oxygen atoms in total. The highest BCUT2D eigenvalue weighted by molar-refractivity contribution is 5.80. The molecule has 2 N–H and O–H groups in total. The zero-order valence-corrected chi connectivity index (χ0v) is 17.6. The van der Waals surface area contributed by atoms with Gasteiger partial charge in [-0.05, 0) is 36.6 Å². The molecule has 0 radical (unpaired) electrons. The number of non-ortho nitro benzene ring substituents is 1. The Morgan fingerprint density at radius 2 is 2.13 bits per heavy atom. The van der Waals surface area contributed by atoms with Gasteiger partial charge in [-0.25, -0.2) is 9.38 Å². The summed E-state index contributed by atoms with van der Waals surface area (Å²) in [5.74, 6) is 0.755. The molecule has 1 saturated heterocycles. The minimum absolute atomic E-state index is 0.0422. The van der Waals surface area contributed by atoms with Crippen molar-refractivity contribution in [3.63, 3.8) is 0 Å². The number of rotatable bonds is 8. The van der Waals surface area contributed by atoms with Gasteiger partial charge in [-0.2, -0.15) is 0 Å². The maximum absolute atomic E-state index is 14.1. The monoisotopic (exact) mass is 430 g/mol. The molecule has 0 aromatic heterocycles. The van der Waals surface area contributed by atoms with E-state index in [1.807, 2.05) is 6.92 Å². The first kappa shape index (κ1) is 22.5. The van der Waals surface area contributed by atoms with E-state index in [2.05, 4.69) is 15.6 Å². The van der Waals surface area contributed by atoms with E-state index in [0.717, 1.165) is 24.2 Å². The first-order chi connectivity index (χ1) is 15.0. The van der Waals surface area contributed by atoms with Crippen molar-refractivity contribution in [2.45, 2.75) is 25.9 Å². The Morgan fingerprint density at radius 3 is 2.74 bits per heavy atom. The highest BCUT2D eigenvalue weighted by atomic mass is 19.1. The zero-order chi connectivity index (χ0) is 22.2. The number of hydrogen-bond donors (Lipinski definition) is 2. The highest BCUT2D eigenvalue weighted by Gasteiger charge is 2.17. The van der Waals surface area contributed by atoms with Gasteiger partial charge in [0.15, 0.2) is 17.5 Å². The molecular weight excluding hydrogens is 403 g/mol. The van der Waals surface area contributed by atoms with Gasteiger partial charge in [0.1, 0.15) is 0 Å². The first-order valence-corrected chi connectivity index (χ1v) is 10.2. The highest BCUT2D eigenvalue weighted by Crippen LogP contribution is 2.22. The van der Waals surface area contributed by atoms with Gasteiger partial charge < -0.3 is 20.1 Å². The molecular formula is C22H27FN4O4. The van der Waals surface area contributed by atoms with Crippen LogP contribution in [-0.4, -0.2) is 37.8 Å². The number of aliphatic imine (C=N–C) groups is 1. The van der Waals surface area contributed by atoms with Crippen LogP contribution >= 0.6 is 0 Å². The number of guanidine groups is 1. The second-order valence-corrected chi connectivity index (χ2v) is 7.46. The van der Waals surface area contributed by atoms with E-state index in [1.54, 1.807) is 24.3 Å². The predicted octanol–water partition coefficient (Wildman–Crippen LogP) is 3.58. The Labute approximate surface area is 180 Å². The average Bonchev–Trinajstić information content (AvgIpc) is 3.29. The van der Waals surface area contributed by atoms with E-state index in [1.165, 1.54) is 25.3 Å². The summed E-state index contributed by atoms with van der Waals surface area (Å²) >= 11 is 0. The van der Waals surface area contributed by atoms with Gasteiger partial charge in [-0.1, -0.05) is 18.2 Å². The Bertz CT molecular complexity index is 914. The minimum Gasteiger partial charge on any atom is -0.494 e. The third-order valence-electron chi connectivity index (χ3n) is 5.18. The Hall–Kier alpha value is -3.20. The standard InChI is InChI=1S/C22H27FN4O4/c1-15(18-5-8-21(30-2)20(23)11-18)26-22(25-13-17-9-10-31-14-17)24-12-16-3-6-19(7-4-16)27(28)29/h3-8,11,15,17H,9-10,12-14H2,1-2H3,(H2,24,25,26). The second-order valence-electron chi connectivity index (χ2n) is 7.46. The van der Waals surface area contributed by atoms with Crippen LogP contribution in [0.25, 0.3) is 0 Å². The molecule has 2 atom stereocenters. The molecule has 0 bridgehead atoms. The molecule has 0 aliphatic carbocycles. The summed E-state index contributed by atoms with van der Waals surface area (Å²) < 4.78 is 24.5. The van der Waals surface area contributed by atoms with Crippen LogP contribution < -0.4 is 15.4 Å². The lowest BCUT2D eigenvalue weighted by Gasteiger charge is -2.20. The van der Waals surface area contributed by atoms with Crippen molar-refractivity contribution in [1.82, 2.24) is 10.6 Å². The fraction of sp³-hybridized carbons (Fsp3) is 0.409. The van der Waals surface area contributed by atoms with Crippen molar-refractivity contribution >= 4 is 11.6 Å². The third-order valence-corrected chi connectivity index (χ3v) is 5.18. The van der Waals surface area contributed by atoms with Gasteiger partial charge in [0.25, 0.3) is 5.69 Å². The van der Waals surface area contributed by atoms with Crippen LogP contribution in [0, 0.1) is 21.8 Å². The SMILES string of the molecule is COc1ccc(C(C)NC(=NCc2ccc([N+](=O)[O-])cc2)NCC2CCOC2)cc1F. The summed E-state index contributed by atoms with van der Waals surface area (Å²) in [6.07, 6.45) is 0.988. The number of nitro groups is 1. The normalized spacial score (nSPS) is 17.3. The summed E-state index contributed by atoms with van der Waals surface area (Å²) in [6, 6.07) is 10.9. The number of methoxy groups -OCH3 is 1. The number of benzene rings is 2. The predicted molar refractivity (Wildman–Crippen MR) is 116 cm³/mol. The van der Waals surface area contributed by atoms with Gasteiger partial charge in [0.05, 0.1) is 31.2 Å². The van der Waals surface area contributed by atoms with Gasteiger partial charge in [-0.15, -0.1) is 0 Å². The Kier molecular flexibility index (Phi) is 7.77. The maximum Gasteiger partial charge on any atom is 0.269 e. The van der Waals surface area contributed by atoms with Crippen LogP contribution in [0.15, 0.2) is 47.5 Å². The van der Waals surface area contributed by atoms with Crippen LogP contribution in [0.3, 0.4) is 0 Å². The number of nitrogens with one attached hydrogen (secondary N) is 2. The van der Waals surface area contributed by atoms with E-state index >= 15 is 0 Å². The molecule has 0 saturated carbocycles. The molecule has 3 rings (SSSR count). The van der Waals surface area contributed by atoms with E-state index < -0.39 is 10.7 Å². The quantitative estimate of drug-likeness (QED) is 0.288. The van der Waals surface area contributed by atoms with E-state index in [9.17, 15) is 14.5 Å². The maximum atomic E-state index is 14.1. The molecule has 0 spiro atoms. The van der Waals surface area contributed by atoms with Crippen LogP contribution in [0.1, 0.15) is 30.5 Å². The zero-order valence-electron chi connectivity index (χ0n) is 17.6. The van der Waals surface area contributed by atoms with Gasteiger partial charge in [0, 0.05) is 31.2 Å². The summed E-state index contributed by atoms with van der Waals surface area (Å²) in [4.78, 5) is 15.0. The first-order valence-electron chi connectivity index (χ1n) is 10.2. The molecule has 166 valence electrons. The lowest BCUT2D eigenvalue weighted by molar-refractivity contribution is -0.384. The van der Waals surface area contributed by atoms with Crippen LogP contribution in [-0.2, 0) is 11.3 Å². The van der Waals surface area contributed by atoms with Crippen LogP contribution in [0.2, 0.25) is 0 Å². The number of hydrogen-bond acceptors (Lipinski definition) is 5. The summed E-state index contributed by atoms with van der Waals surface area (Å²) in [6.45, 7) is 4.44. The molecule has 1 heterocycles. The smallest absolute Gasteiger partial charge is 0.269 e. The number of nitro benzene ring substituents is 1. The lowest BCUT2D eigenvalue weighted by atomic mass is 10.1. The largest absolute Gasteiger partial charge is 0.494 e. The molecule has 31 heavy (non-hydrogen) atoms. The Balaban J connectivity index is 1.70. The van der Waals surface area contributed by atoms with E-state index in [4.69, 9.17) is 9.47 Å². The minimum atomic E-state index is -0.430. The van der Waals surface area contributed by atoms with Crippen molar-refractivity contribution in [2.24, 2.45) is 10.9 Å². The number of halogens is 1. The topological polar surface area (TPSA) is 98.0 Å². The van der Waals surface area contributed by atoms with Crippen molar-refractivity contribution in [3.05, 3.63) is 69.5 Å². The van der Waals surface area contributed by atoms with Crippen molar-refractivity contribution in [3.8, 4) is 5.75 Å². The molecule has 1 fully saturated rings. The fourth-order valence-electron chi connectivity index (χ4n) is 3.27. The van der Waals surface area contributed by atoms with Crippen molar-refractivity contribution in [2.75, 3.05) is 26.9 Å². The Morgan fingerprint density at radius 1 is 1.35 bits per heavy atom. The van der Waals surface area contributed by atoms with Crippen molar-refractivity contribution < 1.29 is 18.8 Å². The molecule has 2 unspecified atom stereocenters. The van der Waals surface area contributed by atoms with Gasteiger partial charge in [0.2, 0.25) is 0 Å². The summed E-state index contributed by atoms with van der Waals surface area (Å²) in [5, 5.41) is 17.5. The molecule has 2 aromatic rings. The fourth-order valence-corrected chi connectivity index (χ4v) is 3.27. The van der Waals surface area contributed by atoms with Crippen molar-refractivity contribution in [1.29, 1.82) is 0 Å². The third kappa shape index (κ3) is 6.39. The number of ether oxygens (including phenoxy) is 2. The summed E-state index contributed by atoms with van der Waals surface area (Å²) in [5.41, 5.74) is 1.65. The van der Waals surface area contributed by atoms with E-state index in [-0.39, 0.29) is 17.5 Å². The number of nitrogens with zero attached hydrogens (tertiary/aromatic N) is 2.